The van der Waals surface area contributed by atoms with Gasteiger partial charge in [-0.05, 0) is 196 Å². The van der Waals surface area contributed by atoms with Gasteiger partial charge in [-0.1, -0.05) is 207 Å². The van der Waals surface area contributed by atoms with Crippen LogP contribution in [0.2, 0.25) is 0 Å². The maximum absolute atomic E-state index is 16.0. The number of carbonyl (C=O) groups excluding carboxylic acids is 2. The molecule has 75 heavy (non-hydrogen) atoms. The number of hydrogen-bond donors (Lipinski definition) is 0. The van der Waals surface area contributed by atoms with Crippen molar-refractivity contribution in [2.24, 2.45) is 118 Å². The van der Waals surface area contributed by atoms with Crippen molar-refractivity contribution in [3.63, 3.8) is 0 Å². The smallest absolute Gasteiger partial charge is 0.233 e. The molecule has 0 bridgehead atoms. The van der Waals surface area contributed by atoms with E-state index >= 15 is 9.59 Å². The number of carbonyl (C=O) groups is 2. The van der Waals surface area contributed by atoms with Crippen molar-refractivity contribution >= 4 is 11.8 Å². The molecule has 0 spiro atoms. The molecule has 5 saturated carbocycles. The Morgan fingerprint density at radius 1 is 0.427 bits per heavy atom. The van der Waals surface area contributed by atoms with Crippen molar-refractivity contribution in [2.45, 2.75) is 320 Å². The van der Waals surface area contributed by atoms with E-state index in [2.05, 4.69) is 121 Å². The highest BCUT2D eigenvalue weighted by Gasteiger charge is 2.72. The summed E-state index contributed by atoms with van der Waals surface area (Å²) in [6.07, 6.45) is 36.6. The van der Waals surface area contributed by atoms with Crippen LogP contribution in [0.3, 0.4) is 0 Å². The first-order chi connectivity index (χ1) is 35.7. The normalized spacial score (nSPS) is 41.8. The van der Waals surface area contributed by atoms with Gasteiger partial charge >= 0.3 is 0 Å². The second-order valence-electron chi connectivity index (χ2n) is 31.5. The summed E-state index contributed by atoms with van der Waals surface area (Å²) in [5.41, 5.74) is -0.213. The molecular formula is C71H128N2O2. The van der Waals surface area contributed by atoms with Crippen LogP contribution in [0, 0.1) is 118 Å². The standard InChI is InChI=1S/C71H128N2O2/c1-17-18-19-20-21-22-23-24-25-26-27-56-43-68(74)72(69(56)75)57-44-70(63-38-51(12)28-33-58(63)46(2)3,64-39-52(13)29-34-59(64)47(4)5)73(67-42-55(16)32-37-62(67)50(10)11)71(45-57,65-40-53(14)30-35-60(65)48(6)7)66-41-54(15)31-36-61(66)49(8)9/h46-67H,17-45H2,1-16H3. The van der Waals surface area contributed by atoms with Crippen molar-refractivity contribution < 1.29 is 9.59 Å². The van der Waals surface area contributed by atoms with Crippen molar-refractivity contribution in [3.05, 3.63) is 0 Å². The fourth-order valence-electron chi connectivity index (χ4n) is 20.8. The van der Waals surface area contributed by atoms with E-state index in [-0.39, 0.29) is 34.9 Å². The number of rotatable bonds is 22. The predicted octanol–water partition coefficient (Wildman–Crippen LogP) is 19.9. The van der Waals surface area contributed by atoms with Crippen molar-refractivity contribution in [1.29, 1.82) is 0 Å². The van der Waals surface area contributed by atoms with E-state index in [1.807, 2.05) is 0 Å². The molecule has 0 radical (unpaired) electrons. The van der Waals surface area contributed by atoms with Crippen LogP contribution in [-0.2, 0) is 9.59 Å². The summed E-state index contributed by atoms with van der Waals surface area (Å²) < 4.78 is 0. The summed E-state index contributed by atoms with van der Waals surface area (Å²) >= 11 is 0. The van der Waals surface area contributed by atoms with Crippen LogP contribution >= 0.6 is 0 Å². The van der Waals surface area contributed by atoms with Crippen LogP contribution in [0.5, 0.6) is 0 Å². The highest BCUT2D eigenvalue weighted by molar-refractivity contribution is 6.03. The molecule has 0 aromatic heterocycles. The number of amides is 2. The monoisotopic (exact) mass is 1040 g/mol. The van der Waals surface area contributed by atoms with Gasteiger partial charge in [0.15, 0.2) is 0 Å². The topological polar surface area (TPSA) is 40.6 Å². The Bertz CT molecular complexity index is 1600. The number of hydrogen-bond acceptors (Lipinski definition) is 3. The Hall–Kier alpha value is -0.900. The lowest BCUT2D eigenvalue weighted by molar-refractivity contribution is -0.264. The molecule has 16 unspecified atom stereocenters. The number of imide groups is 1. The highest BCUT2D eigenvalue weighted by atomic mass is 16.2. The highest BCUT2D eigenvalue weighted by Crippen LogP contribution is 2.68. The van der Waals surface area contributed by atoms with Crippen LogP contribution in [0.25, 0.3) is 0 Å². The largest absolute Gasteiger partial charge is 0.287 e. The molecule has 2 heterocycles. The number of nitrogens with zero attached hydrogens (tertiary/aromatic N) is 2. The third-order valence-electron chi connectivity index (χ3n) is 24.5. The van der Waals surface area contributed by atoms with Gasteiger partial charge in [0.25, 0.3) is 0 Å². The number of likely N-dealkylation sites (tertiary alicyclic amines) is 2. The van der Waals surface area contributed by atoms with Crippen LogP contribution in [-0.4, -0.2) is 44.8 Å². The third kappa shape index (κ3) is 13.4. The SMILES string of the molecule is CCCCCCCCCCCCC1CC(=O)N(C2CC(C3CC(C)CCC3C(C)C)(C3CC(C)CCC3C(C)C)N(C3CC(C)CCC3C(C)C)C(C3CC(C)CCC3C(C)C)(C3CC(C)CCC3C(C)C)C2)C1=O. The first-order valence-corrected chi connectivity index (χ1v) is 34.3. The molecule has 0 aromatic carbocycles. The molecule has 7 aliphatic rings. The fraction of sp³-hybridized carbons (Fsp3) is 0.972. The van der Waals surface area contributed by atoms with Gasteiger partial charge in [0.05, 0.1) is 0 Å². The van der Waals surface area contributed by atoms with E-state index in [1.54, 1.807) is 0 Å². The minimum Gasteiger partial charge on any atom is -0.287 e. The molecule has 0 aromatic rings. The van der Waals surface area contributed by atoms with E-state index in [9.17, 15) is 0 Å². The molecule has 434 valence electrons. The van der Waals surface area contributed by atoms with E-state index in [0.29, 0.717) is 125 Å². The molecule has 4 nitrogen and oxygen atoms in total. The first kappa shape index (κ1) is 61.7. The third-order valence-corrected chi connectivity index (χ3v) is 24.5. The van der Waals surface area contributed by atoms with Gasteiger partial charge in [-0.2, -0.15) is 0 Å². The second-order valence-corrected chi connectivity index (χ2v) is 31.5. The van der Waals surface area contributed by atoms with Crippen LogP contribution in [0.1, 0.15) is 297 Å². The zero-order valence-electron chi connectivity index (χ0n) is 52.9. The van der Waals surface area contributed by atoms with Crippen LogP contribution in [0.4, 0.5) is 0 Å². The van der Waals surface area contributed by atoms with Crippen LogP contribution < -0.4 is 0 Å². The predicted molar refractivity (Wildman–Crippen MR) is 321 cm³/mol. The zero-order chi connectivity index (χ0) is 54.5. The molecule has 2 saturated heterocycles. The lowest BCUT2D eigenvalue weighted by Crippen LogP contribution is -2.82. The van der Waals surface area contributed by atoms with Gasteiger partial charge in [-0.3, -0.25) is 19.4 Å². The Morgan fingerprint density at radius 3 is 1.09 bits per heavy atom. The molecule has 7 rings (SSSR count). The lowest BCUT2D eigenvalue weighted by atomic mass is 9.44. The summed E-state index contributed by atoms with van der Waals surface area (Å²) in [7, 11) is 0. The molecule has 0 N–H and O–H groups in total. The van der Waals surface area contributed by atoms with E-state index < -0.39 is 0 Å². The first-order valence-electron chi connectivity index (χ1n) is 34.3. The van der Waals surface area contributed by atoms with Gasteiger partial charge in [0, 0.05) is 35.5 Å². The van der Waals surface area contributed by atoms with Gasteiger partial charge < -0.3 is 0 Å². The van der Waals surface area contributed by atoms with E-state index in [0.717, 1.165) is 25.7 Å². The molecule has 2 amide bonds. The fourth-order valence-corrected chi connectivity index (χ4v) is 20.8. The van der Waals surface area contributed by atoms with Crippen molar-refractivity contribution in [1.82, 2.24) is 9.80 Å². The summed E-state index contributed by atoms with van der Waals surface area (Å²) in [5, 5.41) is 0. The summed E-state index contributed by atoms with van der Waals surface area (Å²) in [6, 6.07) is 0.497. The van der Waals surface area contributed by atoms with Gasteiger partial charge in [0.2, 0.25) is 11.8 Å². The minimum absolute atomic E-state index is 0.0253. The molecule has 4 heteroatoms. The zero-order valence-corrected chi connectivity index (χ0v) is 52.9. The Balaban J connectivity index is 1.52. The summed E-state index contributed by atoms with van der Waals surface area (Å²) in [4.78, 5) is 37.6. The average Bonchev–Trinajstić information content (AvgIpc) is 3.66. The van der Waals surface area contributed by atoms with Gasteiger partial charge in [-0.25, -0.2) is 0 Å². The minimum atomic E-state index is -0.134. The van der Waals surface area contributed by atoms with Crippen molar-refractivity contribution in [2.75, 3.05) is 0 Å². The van der Waals surface area contributed by atoms with Gasteiger partial charge in [-0.15, -0.1) is 0 Å². The number of piperidine rings is 1. The second kappa shape index (κ2) is 27.2. The quantitative estimate of drug-likeness (QED) is 0.0801. The maximum Gasteiger partial charge on any atom is 0.233 e. The molecule has 16 atom stereocenters. The van der Waals surface area contributed by atoms with Crippen molar-refractivity contribution in [3.8, 4) is 0 Å². The maximum atomic E-state index is 16.0. The molecule has 5 aliphatic carbocycles. The molecule has 7 fully saturated rings. The van der Waals surface area contributed by atoms with E-state index in [1.165, 1.54) is 154 Å². The summed E-state index contributed by atoms with van der Waals surface area (Å²) in [6.45, 7) is 41.9. The van der Waals surface area contributed by atoms with E-state index in [4.69, 9.17) is 0 Å². The Labute approximate surface area is 467 Å². The van der Waals surface area contributed by atoms with Gasteiger partial charge in [0.1, 0.15) is 0 Å². The lowest BCUT2D eigenvalue weighted by Gasteiger charge is -2.76. The average molecular weight is 1040 g/mol. The Morgan fingerprint density at radius 2 is 0.747 bits per heavy atom. The summed E-state index contributed by atoms with van der Waals surface area (Å²) in [5.74, 6) is 12.3. The Kier molecular flexibility index (Phi) is 22.4. The molecule has 2 aliphatic heterocycles. The van der Waals surface area contributed by atoms with Crippen LogP contribution in [0.15, 0.2) is 0 Å². The molecular weight excluding hydrogens is 913 g/mol. The number of unbranched alkanes of at least 4 members (excludes halogenated alkanes) is 9.